The van der Waals surface area contributed by atoms with Crippen molar-refractivity contribution < 1.29 is 0 Å². The number of rotatable bonds is 4. The number of anilines is 1. The number of para-hydroxylation sites is 1. The Bertz CT molecular complexity index is 534. The first-order valence-corrected chi connectivity index (χ1v) is 7.27. The fraction of sp³-hybridized carbons (Fsp3) is 0.429. The highest BCUT2D eigenvalue weighted by atomic mass is 35.5. The number of benzene rings is 1. The first kappa shape index (κ1) is 13.4. The lowest BCUT2D eigenvalue weighted by atomic mass is 10.2. The molecule has 0 spiro atoms. The Morgan fingerprint density at radius 2 is 1.65 bits per heavy atom. The molecule has 20 heavy (non-hydrogen) atoms. The van der Waals surface area contributed by atoms with Gasteiger partial charge in [0.2, 0.25) is 0 Å². The zero-order chi connectivity index (χ0) is 13.8. The number of hydrogen-bond acceptors (Lipinski definition) is 4. The van der Waals surface area contributed by atoms with E-state index in [4.69, 9.17) is 11.6 Å². The molecule has 0 amide bonds. The summed E-state index contributed by atoms with van der Waals surface area (Å²) >= 11 is 6.25. The Balaban J connectivity index is 1.51. The van der Waals surface area contributed by atoms with Crippen LogP contribution in [-0.2, 0) is 6.54 Å². The molecule has 0 aliphatic carbocycles. The van der Waals surface area contributed by atoms with Gasteiger partial charge in [-0.15, -0.1) is 0 Å². The van der Waals surface area contributed by atoms with E-state index in [0.29, 0.717) is 0 Å². The first-order chi connectivity index (χ1) is 9.83. The molecule has 5 nitrogen and oxygen atoms in total. The zero-order valence-corrected chi connectivity index (χ0v) is 12.1. The van der Waals surface area contributed by atoms with Crippen molar-refractivity contribution in [2.24, 2.45) is 0 Å². The van der Waals surface area contributed by atoms with Crippen LogP contribution >= 0.6 is 11.6 Å². The number of nitrogens with zero attached hydrogens (tertiary/aromatic N) is 5. The number of aromatic nitrogens is 3. The second kappa shape index (κ2) is 6.24. The van der Waals surface area contributed by atoms with Gasteiger partial charge in [0.1, 0.15) is 0 Å². The average Bonchev–Trinajstić information content (AvgIpc) is 3.00. The van der Waals surface area contributed by atoms with Gasteiger partial charge in [0.05, 0.1) is 29.6 Å². The van der Waals surface area contributed by atoms with Crippen LogP contribution in [0.4, 0.5) is 5.69 Å². The lowest BCUT2D eigenvalue weighted by molar-refractivity contribution is 0.239. The second-order valence-corrected chi connectivity index (χ2v) is 5.31. The molecule has 0 N–H and O–H groups in total. The van der Waals surface area contributed by atoms with E-state index >= 15 is 0 Å². The summed E-state index contributed by atoms with van der Waals surface area (Å²) in [4.78, 5) is 6.53. The Labute approximate surface area is 123 Å². The van der Waals surface area contributed by atoms with E-state index in [9.17, 15) is 0 Å². The predicted octanol–water partition coefficient (Wildman–Crippen LogP) is 1.75. The van der Waals surface area contributed by atoms with Gasteiger partial charge in [-0.05, 0) is 12.1 Å². The van der Waals surface area contributed by atoms with Crippen LogP contribution in [0.5, 0.6) is 0 Å². The minimum absolute atomic E-state index is 0.835. The molecule has 0 atom stereocenters. The van der Waals surface area contributed by atoms with Crippen molar-refractivity contribution in [2.75, 3.05) is 37.6 Å². The second-order valence-electron chi connectivity index (χ2n) is 4.91. The highest BCUT2D eigenvalue weighted by Crippen LogP contribution is 2.25. The Kier molecular flexibility index (Phi) is 4.18. The quantitative estimate of drug-likeness (QED) is 0.860. The molecule has 0 saturated carbocycles. The highest BCUT2D eigenvalue weighted by molar-refractivity contribution is 6.33. The first-order valence-electron chi connectivity index (χ1n) is 6.89. The molecular formula is C14H18ClN5. The van der Waals surface area contributed by atoms with E-state index in [2.05, 4.69) is 26.1 Å². The molecule has 3 rings (SSSR count). The summed E-state index contributed by atoms with van der Waals surface area (Å²) in [5, 5.41) is 9.09. The molecule has 1 aliphatic heterocycles. The van der Waals surface area contributed by atoms with Gasteiger partial charge in [0.15, 0.2) is 0 Å². The van der Waals surface area contributed by atoms with Crippen LogP contribution in [0.3, 0.4) is 0 Å². The number of hydrogen-bond donors (Lipinski definition) is 0. The van der Waals surface area contributed by atoms with Gasteiger partial charge in [0, 0.05) is 32.7 Å². The monoisotopic (exact) mass is 291 g/mol. The molecule has 6 heteroatoms. The molecule has 106 valence electrons. The van der Waals surface area contributed by atoms with Crippen LogP contribution in [0.25, 0.3) is 0 Å². The summed E-state index contributed by atoms with van der Waals surface area (Å²) in [6, 6.07) is 8.05. The lowest BCUT2D eigenvalue weighted by Gasteiger charge is -2.36. The van der Waals surface area contributed by atoms with E-state index in [-0.39, 0.29) is 0 Å². The summed E-state index contributed by atoms with van der Waals surface area (Å²) in [6.45, 7) is 5.95. The van der Waals surface area contributed by atoms with E-state index < -0.39 is 0 Å². The summed E-state index contributed by atoms with van der Waals surface area (Å²) in [5.74, 6) is 0. The van der Waals surface area contributed by atoms with Gasteiger partial charge in [-0.1, -0.05) is 23.7 Å². The normalized spacial score (nSPS) is 16.6. The van der Waals surface area contributed by atoms with Crippen LogP contribution in [0.1, 0.15) is 0 Å². The standard InChI is InChI=1S/C14H18ClN5/c15-13-3-1-2-4-14(13)19-10-7-18(8-11-19)9-12-20-16-5-6-17-20/h1-6H,7-12H2. The van der Waals surface area contributed by atoms with Gasteiger partial charge < -0.3 is 4.90 Å². The van der Waals surface area contributed by atoms with Crippen molar-refractivity contribution in [3.05, 3.63) is 41.7 Å². The van der Waals surface area contributed by atoms with Crippen molar-refractivity contribution in [1.82, 2.24) is 19.9 Å². The minimum atomic E-state index is 0.835. The van der Waals surface area contributed by atoms with E-state index in [0.717, 1.165) is 50.0 Å². The number of halogens is 1. The maximum atomic E-state index is 6.25. The van der Waals surface area contributed by atoms with Gasteiger partial charge in [0.25, 0.3) is 0 Å². The molecule has 0 radical (unpaired) electrons. The third-order valence-corrected chi connectivity index (χ3v) is 3.97. The molecule has 1 saturated heterocycles. The third kappa shape index (κ3) is 3.11. The van der Waals surface area contributed by atoms with Crippen LogP contribution < -0.4 is 4.90 Å². The summed E-state index contributed by atoms with van der Waals surface area (Å²) in [6.07, 6.45) is 3.44. The molecule has 2 heterocycles. The zero-order valence-electron chi connectivity index (χ0n) is 11.3. The third-order valence-electron chi connectivity index (χ3n) is 3.65. The van der Waals surface area contributed by atoms with Crippen LogP contribution in [0.2, 0.25) is 5.02 Å². The van der Waals surface area contributed by atoms with Crippen molar-refractivity contribution in [1.29, 1.82) is 0 Å². The molecule has 2 aromatic rings. The van der Waals surface area contributed by atoms with Crippen molar-refractivity contribution in [3.63, 3.8) is 0 Å². The van der Waals surface area contributed by atoms with Crippen LogP contribution in [0.15, 0.2) is 36.7 Å². The van der Waals surface area contributed by atoms with Gasteiger partial charge in [-0.25, -0.2) is 0 Å². The predicted molar refractivity (Wildman–Crippen MR) is 80.1 cm³/mol. The highest BCUT2D eigenvalue weighted by Gasteiger charge is 2.18. The SMILES string of the molecule is Clc1ccccc1N1CCN(CCn2nccn2)CC1. The Morgan fingerprint density at radius 3 is 2.35 bits per heavy atom. The minimum Gasteiger partial charge on any atom is -0.368 e. The molecule has 0 unspecified atom stereocenters. The molecule has 1 aliphatic rings. The van der Waals surface area contributed by atoms with Crippen LogP contribution in [0, 0.1) is 0 Å². The van der Waals surface area contributed by atoms with Crippen molar-refractivity contribution in [2.45, 2.75) is 6.54 Å². The molecule has 1 aromatic carbocycles. The fourth-order valence-electron chi connectivity index (χ4n) is 2.51. The largest absolute Gasteiger partial charge is 0.368 e. The maximum Gasteiger partial charge on any atom is 0.0734 e. The molecule has 0 bridgehead atoms. The van der Waals surface area contributed by atoms with Crippen LogP contribution in [-0.4, -0.2) is 52.6 Å². The molecular weight excluding hydrogens is 274 g/mol. The van der Waals surface area contributed by atoms with Gasteiger partial charge in [-0.3, -0.25) is 4.90 Å². The van der Waals surface area contributed by atoms with Gasteiger partial charge >= 0.3 is 0 Å². The fourth-order valence-corrected chi connectivity index (χ4v) is 2.77. The van der Waals surface area contributed by atoms with E-state index in [1.165, 1.54) is 0 Å². The van der Waals surface area contributed by atoms with Crippen molar-refractivity contribution in [3.8, 4) is 0 Å². The summed E-state index contributed by atoms with van der Waals surface area (Å²) < 4.78 is 0. The van der Waals surface area contributed by atoms with Gasteiger partial charge in [-0.2, -0.15) is 15.0 Å². The summed E-state index contributed by atoms with van der Waals surface area (Å²) in [7, 11) is 0. The summed E-state index contributed by atoms with van der Waals surface area (Å²) in [5.41, 5.74) is 1.14. The van der Waals surface area contributed by atoms with Crippen molar-refractivity contribution >= 4 is 17.3 Å². The number of piperazine rings is 1. The van der Waals surface area contributed by atoms with E-state index in [1.807, 2.05) is 18.2 Å². The maximum absolute atomic E-state index is 6.25. The van der Waals surface area contributed by atoms with E-state index in [1.54, 1.807) is 17.2 Å². The molecule has 1 aromatic heterocycles. The Hall–Kier alpha value is -1.59. The smallest absolute Gasteiger partial charge is 0.0734 e. The lowest BCUT2D eigenvalue weighted by Crippen LogP contribution is -2.47. The topological polar surface area (TPSA) is 37.2 Å². The molecule has 1 fully saturated rings. The average molecular weight is 292 g/mol. The Morgan fingerprint density at radius 1 is 0.950 bits per heavy atom.